The normalized spacial score (nSPS) is 22.1. The van der Waals surface area contributed by atoms with E-state index < -0.39 is 4.92 Å². The molecule has 6 heteroatoms. The molecular weight excluding hydrogens is 232 g/mol. The maximum Gasteiger partial charge on any atom is 0.406 e. The highest BCUT2D eigenvalue weighted by atomic mass is 16.6. The van der Waals surface area contributed by atoms with Crippen molar-refractivity contribution in [3.63, 3.8) is 0 Å². The lowest BCUT2D eigenvalue weighted by molar-refractivity contribution is -0.388. The number of aryl methyl sites for hydroxylation is 1. The highest BCUT2D eigenvalue weighted by Gasteiger charge is 2.33. The van der Waals surface area contributed by atoms with Crippen molar-refractivity contribution in [1.82, 2.24) is 9.55 Å². The van der Waals surface area contributed by atoms with E-state index in [1.54, 1.807) is 18.5 Å². The summed E-state index contributed by atoms with van der Waals surface area (Å²) < 4.78 is 1.75. The van der Waals surface area contributed by atoms with Crippen LogP contribution in [0.2, 0.25) is 0 Å². The van der Waals surface area contributed by atoms with Gasteiger partial charge in [0.25, 0.3) is 0 Å². The molecule has 1 aliphatic rings. The van der Waals surface area contributed by atoms with Crippen LogP contribution < -0.4 is 5.32 Å². The van der Waals surface area contributed by atoms with Crippen molar-refractivity contribution >= 4 is 11.6 Å². The average molecular weight is 252 g/mol. The van der Waals surface area contributed by atoms with E-state index in [0.29, 0.717) is 23.1 Å². The molecule has 1 saturated carbocycles. The number of nitrogens with one attached hydrogen (secondary N) is 1. The first-order chi connectivity index (χ1) is 8.30. The average Bonchev–Trinajstić information content (AvgIpc) is 2.73. The molecule has 1 atom stereocenters. The fourth-order valence-corrected chi connectivity index (χ4v) is 2.63. The van der Waals surface area contributed by atoms with Crippen LogP contribution in [0.1, 0.15) is 38.9 Å². The van der Waals surface area contributed by atoms with Gasteiger partial charge in [0.05, 0.1) is 0 Å². The monoisotopic (exact) mass is 252 g/mol. The summed E-state index contributed by atoms with van der Waals surface area (Å²) in [6.07, 6.45) is 3.23. The molecule has 1 fully saturated rings. The third-order valence-corrected chi connectivity index (χ3v) is 3.78. The zero-order valence-electron chi connectivity index (χ0n) is 11.4. The summed E-state index contributed by atoms with van der Waals surface area (Å²) in [4.78, 5) is 14.5. The van der Waals surface area contributed by atoms with Crippen LogP contribution in [0.15, 0.2) is 0 Å². The van der Waals surface area contributed by atoms with Gasteiger partial charge in [0, 0.05) is 20.0 Å². The lowest BCUT2D eigenvalue weighted by Gasteiger charge is -2.18. The zero-order chi connectivity index (χ0) is 13.5. The van der Waals surface area contributed by atoms with Gasteiger partial charge < -0.3 is 15.4 Å². The van der Waals surface area contributed by atoms with Gasteiger partial charge in [-0.1, -0.05) is 13.8 Å². The summed E-state index contributed by atoms with van der Waals surface area (Å²) in [5.74, 6) is 1.11. The Hall–Kier alpha value is -1.59. The second-order valence-electron chi connectivity index (χ2n) is 5.90. The number of aromatic nitrogens is 2. The molecule has 1 aromatic heterocycles. The third-order valence-electron chi connectivity index (χ3n) is 3.78. The summed E-state index contributed by atoms with van der Waals surface area (Å²) >= 11 is 0. The third kappa shape index (κ3) is 2.32. The van der Waals surface area contributed by atoms with E-state index in [1.165, 1.54) is 0 Å². The fraction of sp³-hybridized carbons (Fsp3) is 0.750. The molecule has 1 unspecified atom stereocenters. The van der Waals surface area contributed by atoms with Crippen molar-refractivity contribution in [2.75, 3.05) is 5.32 Å². The first-order valence-electron chi connectivity index (χ1n) is 6.24. The van der Waals surface area contributed by atoms with Crippen LogP contribution >= 0.6 is 0 Å². The fourth-order valence-electron chi connectivity index (χ4n) is 2.63. The van der Waals surface area contributed by atoms with Gasteiger partial charge in [0.2, 0.25) is 11.6 Å². The van der Waals surface area contributed by atoms with Gasteiger partial charge >= 0.3 is 5.82 Å². The van der Waals surface area contributed by atoms with Crippen molar-refractivity contribution in [2.24, 2.45) is 12.5 Å². The Labute approximate surface area is 107 Å². The molecule has 6 nitrogen and oxygen atoms in total. The molecule has 0 aromatic carbocycles. The van der Waals surface area contributed by atoms with Gasteiger partial charge in [-0.2, -0.15) is 0 Å². The predicted molar refractivity (Wildman–Crippen MR) is 69.6 cm³/mol. The van der Waals surface area contributed by atoms with Crippen LogP contribution in [0.4, 0.5) is 11.6 Å². The van der Waals surface area contributed by atoms with Gasteiger partial charge in [-0.25, -0.2) is 0 Å². The van der Waals surface area contributed by atoms with Crippen LogP contribution in [-0.4, -0.2) is 20.5 Å². The molecule has 1 aliphatic carbocycles. The first kappa shape index (κ1) is 12.9. The summed E-state index contributed by atoms with van der Waals surface area (Å²) in [6.45, 7) is 6.24. The van der Waals surface area contributed by atoms with E-state index in [1.807, 2.05) is 0 Å². The predicted octanol–water partition coefficient (Wildman–Crippen LogP) is 2.63. The largest absolute Gasteiger partial charge is 0.406 e. The number of nitrogens with zero attached hydrogens (tertiary/aromatic N) is 3. The topological polar surface area (TPSA) is 73.0 Å². The number of hydrogen-bond acceptors (Lipinski definition) is 4. The van der Waals surface area contributed by atoms with Crippen molar-refractivity contribution < 1.29 is 4.92 Å². The van der Waals surface area contributed by atoms with E-state index >= 15 is 0 Å². The standard InChI is InChI=1S/C12H20N4O2/c1-8-13-11(16(17)18)10(15(8)4)14-9-5-6-12(2,3)7-9/h9,14H,5-7H2,1-4H3. The molecule has 1 N–H and O–H groups in total. The van der Waals surface area contributed by atoms with Crippen molar-refractivity contribution in [3.8, 4) is 0 Å². The number of hydrogen-bond donors (Lipinski definition) is 1. The lowest BCUT2D eigenvalue weighted by Crippen LogP contribution is -2.20. The highest BCUT2D eigenvalue weighted by Crippen LogP contribution is 2.39. The molecule has 100 valence electrons. The second kappa shape index (κ2) is 4.26. The minimum absolute atomic E-state index is 0.0697. The molecule has 0 spiro atoms. The van der Waals surface area contributed by atoms with E-state index in [4.69, 9.17) is 0 Å². The van der Waals surface area contributed by atoms with Crippen LogP contribution in [0.5, 0.6) is 0 Å². The van der Waals surface area contributed by atoms with Crippen LogP contribution in [0.3, 0.4) is 0 Å². The molecule has 0 bridgehead atoms. The zero-order valence-corrected chi connectivity index (χ0v) is 11.4. The van der Waals surface area contributed by atoms with Crippen molar-refractivity contribution in [2.45, 2.75) is 46.1 Å². The SMILES string of the molecule is Cc1nc([N+](=O)[O-])c(NC2CCC(C)(C)C2)n1C. The maximum absolute atomic E-state index is 11.0. The molecule has 1 aromatic rings. The first-order valence-corrected chi connectivity index (χ1v) is 6.24. The summed E-state index contributed by atoms with van der Waals surface area (Å²) in [5, 5.41) is 14.3. The molecule has 0 saturated heterocycles. The molecule has 18 heavy (non-hydrogen) atoms. The van der Waals surface area contributed by atoms with Gasteiger partial charge in [0.1, 0.15) is 0 Å². The van der Waals surface area contributed by atoms with Crippen LogP contribution in [-0.2, 0) is 7.05 Å². The Balaban J connectivity index is 2.21. The van der Waals surface area contributed by atoms with Crippen LogP contribution in [0, 0.1) is 22.5 Å². The number of nitro groups is 1. The summed E-state index contributed by atoms with van der Waals surface area (Å²) in [6, 6.07) is 0.300. The number of imidazole rings is 1. The number of anilines is 1. The van der Waals surface area contributed by atoms with Crippen molar-refractivity contribution in [3.05, 3.63) is 15.9 Å². The van der Waals surface area contributed by atoms with E-state index in [0.717, 1.165) is 19.3 Å². The molecule has 1 heterocycles. The van der Waals surface area contributed by atoms with Gasteiger partial charge in [-0.05, 0) is 34.6 Å². The summed E-state index contributed by atoms with van der Waals surface area (Å²) in [5.41, 5.74) is 0.320. The van der Waals surface area contributed by atoms with Gasteiger partial charge in [-0.3, -0.25) is 4.57 Å². The van der Waals surface area contributed by atoms with Gasteiger partial charge in [0.15, 0.2) is 0 Å². The Morgan fingerprint density at radius 2 is 2.22 bits per heavy atom. The van der Waals surface area contributed by atoms with E-state index in [-0.39, 0.29) is 5.82 Å². The highest BCUT2D eigenvalue weighted by molar-refractivity contribution is 5.54. The second-order valence-corrected chi connectivity index (χ2v) is 5.90. The molecule has 0 aliphatic heterocycles. The Morgan fingerprint density at radius 3 is 2.72 bits per heavy atom. The van der Waals surface area contributed by atoms with E-state index in [2.05, 4.69) is 24.1 Å². The minimum Gasteiger partial charge on any atom is -0.362 e. The Bertz CT molecular complexity index is 479. The maximum atomic E-state index is 11.0. The molecular formula is C12H20N4O2. The van der Waals surface area contributed by atoms with Crippen molar-refractivity contribution in [1.29, 1.82) is 0 Å². The molecule has 2 rings (SSSR count). The number of rotatable bonds is 3. The Morgan fingerprint density at radius 1 is 1.56 bits per heavy atom. The smallest absolute Gasteiger partial charge is 0.362 e. The summed E-state index contributed by atoms with van der Waals surface area (Å²) in [7, 11) is 1.80. The Kier molecular flexibility index (Phi) is 3.04. The molecule has 0 radical (unpaired) electrons. The minimum atomic E-state index is -0.421. The molecule has 0 amide bonds. The lowest BCUT2D eigenvalue weighted by atomic mass is 9.92. The quantitative estimate of drug-likeness (QED) is 0.663. The van der Waals surface area contributed by atoms with E-state index in [9.17, 15) is 10.1 Å². The van der Waals surface area contributed by atoms with Gasteiger partial charge in [-0.15, -0.1) is 0 Å². The van der Waals surface area contributed by atoms with Crippen LogP contribution in [0.25, 0.3) is 0 Å².